The zero-order chi connectivity index (χ0) is 18.7. The van der Waals surface area contributed by atoms with Gasteiger partial charge in [-0.1, -0.05) is 82.8 Å². The minimum Gasteiger partial charge on any atom is -0.338 e. The number of pyridine rings is 2. The first kappa shape index (κ1) is 18.9. The molecule has 132 valence electrons. The lowest BCUT2D eigenvalue weighted by molar-refractivity contribution is 0.0937. The maximum atomic E-state index is 12.8. The topological polar surface area (TPSA) is 54.9 Å². The minimum atomic E-state index is -0.546. The lowest BCUT2D eigenvalue weighted by atomic mass is 10.0. The predicted molar refractivity (Wildman–Crippen MR) is 104 cm³/mol. The Morgan fingerprint density at radius 3 is 2.23 bits per heavy atom. The highest BCUT2D eigenvalue weighted by Crippen LogP contribution is 2.36. The summed E-state index contributed by atoms with van der Waals surface area (Å²) in [6.07, 6.45) is 1.65. The number of hydrogen-bond donors (Lipinski definition) is 1. The van der Waals surface area contributed by atoms with Gasteiger partial charge in [0, 0.05) is 6.20 Å². The Hall–Kier alpha value is -1.85. The monoisotopic (exact) mass is 425 g/mol. The maximum absolute atomic E-state index is 12.8. The summed E-state index contributed by atoms with van der Waals surface area (Å²) in [6.45, 7) is 0. The molecule has 0 aliphatic carbocycles. The van der Waals surface area contributed by atoms with Crippen LogP contribution in [0, 0.1) is 0 Å². The van der Waals surface area contributed by atoms with Gasteiger partial charge in [-0.2, -0.15) is 0 Å². The van der Waals surface area contributed by atoms with E-state index in [0.29, 0.717) is 5.69 Å². The van der Waals surface area contributed by atoms with Gasteiger partial charge in [0.2, 0.25) is 0 Å². The number of nitrogens with zero attached hydrogens (tertiary/aromatic N) is 2. The Balaban J connectivity index is 1.99. The van der Waals surface area contributed by atoms with E-state index in [1.807, 2.05) is 42.5 Å². The Morgan fingerprint density at radius 1 is 0.885 bits per heavy atom. The number of nitrogens with one attached hydrogen (secondary N) is 1. The van der Waals surface area contributed by atoms with Gasteiger partial charge in [-0.15, -0.1) is 0 Å². The third-order valence-electron chi connectivity index (χ3n) is 3.59. The summed E-state index contributed by atoms with van der Waals surface area (Å²) in [6, 6.07) is 14.4. The van der Waals surface area contributed by atoms with Crippen molar-refractivity contribution < 1.29 is 4.79 Å². The predicted octanol–water partition coefficient (Wildman–Crippen LogP) is 5.61. The molecule has 8 heteroatoms. The molecule has 4 nitrogen and oxygen atoms in total. The number of rotatable bonds is 4. The third-order valence-corrected chi connectivity index (χ3v) is 5.27. The lowest BCUT2D eigenvalue weighted by Crippen LogP contribution is -2.31. The Morgan fingerprint density at radius 2 is 1.58 bits per heavy atom. The second-order valence-electron chi connectivity index (χ2n) is 5.26. The van der Waals surface area contributed by atoms with Gasteiger partial charge in [-0.25, -0.2) is 4.98 Å². The molecule has 3 rings (SSSR count). The molecule has 1 aromatic carbocycles. The van der Waals surface area contributed by atoms with Gasteiger partial charge in [0.05, 0.1) is 26.8 Å². The number of aromatic nitrogens is 2. The average molecular weight is 427 g/mol. The second kappa shape index (κ2) is 8.23. The van der Waals surface area contributed by atoms with E-state index in [4.69, 9.17) is 46.4 Å². The first-order chi connectivity index (χ1) is 12.5. The van der Waals surface area contributed by atoms with Crippen LogP contribution in [0.5, 0.6) is 0 Å². The zero-order valence-electron chi connectivity index (χ0n) is 13.1. The highest BCUT2D eigenvalue weighted by molar-refractivity contribution is 6.52. The second-order valence-corrected chi connectivity index (χ2v) is 6.76. The van der Waals surface area contributed by atoms with E-state index < -0.39 is 11.9 Å². The smallest absolute Gasteiger partial charge is 0.272 e. The van der Waals surface area contributed by atoms with Gasteiger partial charge in [-0.05, 0) is 17.7 Å². The summed E-state index contributed by atoms with van der Waals surface area (Å²) in [5.74, 6) is -0.546. The molecule has 3 aromatic rings. The summed E-state index contributed by atoms with van der Waals surface area (Å²) >= 11 is 24.0. The van der Waals surface area contributed by atoms with E-state index in [1.54, 1.807) is 12.3 Å². The van der Waals surface area contributed by atoms with Gasteiger partial charge in [0.25, 0.3) is 5.91 Å². The molecule has 26 heavy (non-hydrogen) atoms. The van der Waals surface area contributed by atoms with Crippen molar-refractivity contribution in [3.63, 3.8) is 0 Å². The largest absolute Gasteiger partial charge is 0.338 e. The van der Waals surface area contributed by atoms with Crippen molar-refractivity contribution in [2.75, 3.05) is 0 Å². The molecule has 0 aliphatic heterocycles. The first-order valence-electron chi connectivity index (χ1n) is 7.45. The number of carbonyl (C=O) groups is 1. The summed E-state index contributed by atoms with van der Waals surface area (Å²) in [7, 11) is 0. The molecule has 2 aromatic heterocycles. The molecule has 1 amide bonds. The van der Waals surface area contributed by atoms with Gasteiger partial charge < -0.3 is 5.32 Å². The van der Waals surface area contributed by atoms with Crippen LogP contribution in [0.25, 0.3) is 0 Å². The summed E-state index contributed by atoms with van der Waals surface area (Å²) in [5, 5.41) is 2.69. The van der Waals surface area contributed by atoms with Crippen LogP contribution in [0.4, 0.5) is 0 Å². The number of hydrogen-bond acceptors (Lipinski definition) is 3. The van der Waals surface area contributed by atoms with Gasteiger partial charge in [0.15, 0.2) is 0 Å². The van der Waals surface area contributed by atoms with E-state index in [0.717, 1.165) is 5.56 Å². The van der Waals surface area contributed by atoms with Crippen molar-refractivity contribution >= 4 is 52.3 Å². The fraction of sp³-hybridized carbons (Fsp3) is 0.0556. The molecule has 0 bridgehead atoms. The fourth-order valence-corrected chi connectivity index (χ4v) is 3.17. The summed E-state index contributed by atoms with van der Waals surface area (Å²) in [4.78, 5) is 21.1. The maximum Gasteiger partial charge on any atom is 0.272 e. The summed E-state index contributed by atoms with van der Waals surface area (Å²) in [5.41, 5.74) is 1.40. The van der Waals surface area contributed by atoms with Gasteiger partial charge in [-0.3, -0.25) is 9.78 Å². The van der Waals surface area contributed by atoms with Crippen molar-refractivity contribution in [2.45, 2.75) is 6.04 Å². The van der Waals surface area contributed by atoms with E-state index in [2.05, 4.69) is 15.3 Å². The highest BCUT2D eigenvalue weighted by Gasteiger charge is 2.24. The van der Waals surface area contributed by atoms with E-state index in [-0.39, 0.29) is 25.9 Å². The van der Waals surface area contributed by atoms with E-state index in [9.17, 15) is 4.79 Å². The first-order valence-corrected chi connectivity index (χ1v) is 8.97. The Kier molecular flexibility index (Phi) is 5.99. The van der Waals surface area contributed by atoms with E-state index >= 15 is 0 Å². The lowest BCUT2D eigenvalue weighted by Gasteiger charge is -2.19. The highest BCUT2D eigenvalue weighted by atomic mass is 35.5. The number of benzene rings is 1. The quantitative estimate of drug-likeness (QED) is 0.551. The number of halogens is 4. The number of amides is 1. The molecule has 2 heterocycles. The molecule has 0 saturated carbocycles. The van der Waals surface area contributed by atoms with Crippen LogP contribution < -0.4 is 5.32 Å². The van der Waals surface area contributed by atoms with E-state index in [1.165, 1.54) is 0 Å². The van der Waals surface area contributed by atoms with Crippen LogP contribution in [-0.4, -0.2) is 15.9 Å². The molecule has 0 saturated heterocycles. The Labute approximate surface area is 170 Å². The molecule has 0 fully saturated rings. The van der Waals surface area contributed by atoms with Crippen LogP contribution >= 0.6 is 46.4 Å². The van der Waals surface area contributed by atoms with Gasteiger partial charge >= 0.3 is 0 Å². The molecule has 1 atom stereocenters. The molecular weight excluding hydrogens is 416 g/mol. The molecule has 0 radical (unpaired) electrons. The Bertz CT molecular complexity index is 897. The standard InChI is InChI=1S/C18H11Cl4N3O/c19-12-13(20)16(24-17(22)14(12)21)18(26)25-15(10-6-2-1-3-7-10)11-8-4-5-9-23-11/h1-9,15H,(H,25,26). The molecule has 0 spiro atoms. The normalized spacial score (nSPS) is 11.8. The number of carbonyl (C=O) groups excluding carboxylic acids is 1. The van der Waals surface area contributed by atoms with Gasteiger partial charge in [0.1, 0.15) is 10.8 Å². The van der Waals surface area contributed by atoms with Crippen molar-refractivity contribution in [3.8, 4) is 0 Å². The summed E-state index contributed by atoms with van der Waals surface area (Å²) < 4.78 is 0. The molecule has 1 N–H and O–H groups in total. The van der Waals surface area contributed by atoms with Crippen molar-refractivity contribution in [1.82, 2.24) is 15.3 Å². The zero-order valence-corrected chi connectivity index (χ0v) is 16.1. The average Bonchev–Trinajstić information content (AvgIpc) is 2.68. The fourth-order valence-electron chi connectivity index (χ4n) is 2.36. The molecule has 0 aliphatic rings. The van der Waals surface area contributed by atoms with Crippen molar-refractivity contribution in [3.05, 3.63) is 91.9 Å². The van der Waals surface area contributed by atoms with Crippen LogP contribution in [0.15, 0.2) is 54.7 Å². The van der Waals surface area contributed by atoms with Crippen LogP contribution in [0.3, 0.4) is 0 Å². The van der Waals surface area contributed by atoms with Crippen molar-refractivity contribution in [1.29, 1.82) is 0 Å². The molecular formula is C18H11Cl4N3O. The van der Waals surface area contributed by atoms with Crippen LogP contribution in [0.2, 0.25) is 20.2 Å². The van der Waals surface area contributed by atoms with Crippen LogP contribution in [-0.2, 0) is 0 Å². The molecule has 1 unspecified atom stereocenters. The van der Waals surface area contributed by atoms with Crippen LogP contribution in [0.1, 0.15) is 27.8 Å². The third kappa shape index (κ3) is 3.94. The van der Waals surface area contributed by atoms with Crippen molar-refractivity contribution in [2.24, 2.45) is 0 Å². The SMILES string of the molecule is O=C(NC(c1ccccc1)c1ccccn1)c1nc(Cl)c(Cl)c(Cl)c1Cl. The minimum absolute atomic E-state index is 0.000723.